The summed E-state index contributed by atoms with van der Waals surface area (Å²) in [6.07, 6.45) is 0.177. The third-order valence-corrected chi connectivity index (χ3v) is 4.82. The molecule has 0 aromatic heterocycles. The smallest absolute Gasteiger partial charge is 0.231 e. The lowest BCUT2D eigenvalue weighted by Gasteiger charge is -2.19. The maximum Gasteiger partial charge on any atom is 0.231 e. The Bertz CT molecular complexity index is 592. The van der Waals surface area contributed by atoms with Crippen molar-refractivity contribution in [2.45, 2.75) is 12.6 Å². The van der Waals surface area contributed by atoms with Crippen LogP contribution in [0.3, 0.4) is 0 Å². The normalized spacial score (nSPS) is 29.6. The Morgan fingerprint density at radius 2 is 2.18 bits per heavy atom. The molecule has 22 heavy (non-hydrogen) atoms. The maximum absolute atomic E-state index is 11.9. The van der Waals surface area contributed by atoms with Crippen LogP contribution in [0.4, 0.5) is 0 Å². The topological polar surface area (TPSA) is 60.0 Å². The van der Waals surface area contributed by atoms with Crippen LogP contribution in [0.2, 0.25) is 0 Å². The minimum Gasteiger partial charge on any atom is -0.454 e. The molecule has 1 aromatic rings. The summed E-state index contributed by atoms with van der Waals surface area (Å²) in [6, 6.07) is 6.06. The summed E-state index contributed by atoms with van der Waals surface area (Å²) in [7, 11) is 1.69. The van der Waals surface area contributed by atoms with Gasteiger partial charge in [-0.2, -0.15) is 0 Å². The van der Waals surface area contributed by atoms with Gasteiger partial charge in [0.05, 0.1) is 18.6 Å². The van der Waals surface area contributed by atoms with E-state index >= 15 is 0 Å². The predicted octanol–water partition coefficient (Wildman–Crippen LogP) is 0.608. The molecule has 118 valence electrons. The van der Waals surface area contributed by atoms with E-state index in [2.05, 4.69) is 16.3 Å². The van der Waals surface area contributed by atoms with E-state index < -0.39 is 0 Å². The summed E-state index contributed by atoms with van der Waals surface area (Å²) in [4.78, 5) is 14.3. The molecule has 4 rings (SSSR count). The van der Waals surface area contributed by atoms with E-state index in [1.54, 1.807) is 7.05 Å². The van der Waals surface area contributed by atoms with Crippen molar-refractivity contribution in [3.05, 3.63) is 23.8 Å². The van der Waals surface area contributed by atoms with Gasteiger partial charge in [0, 0.05) is 32.6 Å². The number of hydrogen-bond donors (Lipinski definition) is 1. The molecule has 0 radical (unpaired) electrons. The van der Waals surface area contributed by atoms with Crippen molar-refractivity contribution in [2.75, 3.05) is 33.5 Å². The highest BCUT2D eigenvalue weighted by Gasteiger charge is 2.46. The molecule has 1 N–H and O–H groups in total. The van der Waals surface area contributed by atoms with Gasteiger partial charge in [-0.1, -0.05) is 6.07 Å². The van der Waals surface area contributed by atoms with E-state index in [1.165, 1.54) is 5.56 Å². The first-order valence-corrected chi connectivity index (χ1v) is 7.68. The van der Waals surface area contributed by atoms with E-state index in [0.29, 0.717) is 19.3 Å². The molecule has 3 heterocycles. The summed E-state index contributed by atoms with van der Waals surface area (Å²) in [5.41, 5.74) is 1.20. The van der Waals surface area contributed by atoms with Gasteiger partial charge < -0.3 is 19.5 Å². The van der Waals surface area contributed by atoms with Gasteiger partial charge in [-0.05, 0) is 17.7 Å². The average molecular weight is 304 g/mol. The molecule has 0 spiro atoms. The average Bonchev–Trinajstić information content (AvgIpc) is 3.20. The summed E-state index contributed by atoms with van der Waals surface area (Å²) >= 11 is 0. The lowest BCUT2D eigenvalue weighted by Crippen LogP contribution is -2.34. The number of amides is 1. The van der Waals surface area contributed by atoms with Gasteiger partial charge in [-0.25, -0.2) is 0 Å². The van der Waals surface area contributed by atoms with Crippen LogP contribution in [-0.2, 0) is 16.1 Å². The highest BCUT2D eigenvalue weighted by atomic mass is 16.7. The zero-order valence-corrected chi connectivity index (χ0v) is 12.6. The molecule has 0 aliphatic carbocycles. The number of benzene rings is 1. The van der Waals surface area contributed by atoms with Gasteiger partial charge in [-0.3, -0.25) is 9.69 Å². The van der Waals surface area contributed by atoms with E-state index in [9.17, 15) is 4.79 Å². The summed E-state index contributed by atoms with van der Waals surface area (Å²) < 4.78 is 16.6. The molecule has 0 saturated carbocycles. The molecule has 3 atom stereocenters. The van der Waals surface area contributed by atoms with Crippen molar-refractivity contribution < 1.29 is 19.0 Å². The number of likely N-dealkylation sites (tertiary alicyclic amines) is 1. The van der Waals surface area contributed by atoms with Gasteiger partial charge in [-0.15, -0.1) is 0 Å². The second kappa shape index (κ2) is 5.44. The predicted molar refractivity (Wildman–Crippen MR) is 78.6 cm³/mol. The fourth-order valence-corrected chi connectivity index (χ4v) is 3.68. The fraction of sp³-hybridized carbons (Fsp3) is 0.562. The van der Waals surface area contributed by atoms with E-state index in [4.69, 9.17) is 14.2 Å². The molecule has 6 heteroatoms. The highest BCUT2D eigenvalue weighted by Crippen LogP contribution is 2.36. The first kappa shape index (κ1) is 13.8. The largest absolute Gasteiger partial charge is 0.454 e. The van der Waals surface area contributed by atoms with Crippen molar-refractivity contribution in [2.24, 2.45) is 11.8 Å². The third-order valence-electron chi connectivity index (χ3n) is 4.82. The monoisotopic (exact) mass is 304 g/mol. The molecule has 0 bridgehead atoms. The van der Waals surface area contributed by atoms with Crippen LogP contribution in [0.25, 0.3) is 0 Å². The molecule has 0 unspecified atom stereocenters. The molecular weight excluding hydrogens is 284 g/mol. The lowest BCUT2D eigenvalue weighted by atomic mass is 9.92. The summed E-state index contributed by atoms with van der Waals surface area (Å²) in [6.45, 7) is 3.47. The molecule has 1 amide bonds. The van der Waals surface area contributed by atoms with Crippen LogP contribution in [0.5, 0.6) is 11.5 Å². The van der Waals surface area contributed by atoms with Crippen LogP contribution in [0.1, 0.15) is 5.56 Å². The first-order chi connectivity index (χ1) is 10.7. The molecule has 3 aliphatic heterocycles. The second-order valence-electron chi connectivity index (χ2n) is 6.14. The molecule has 3 aliphatic rings. The maximum atomic E-state index is 11.9. The van der Waals surface area contributed by atoms with Crippen molar-refractivity contribution in [1.82, 2.24) is 10.2 Å². The van der Waals surface area contributed by atoms with Crippen LogP contribution < -0.4 is 14.8 Å². The summed E-state index contributed by atoms with van der Waals surface area (Å²) in [5.74, 6) is 2.00. The van der Waals surface area contributed by atoms with Crippen LogP contribution in [0.15, 0.2) is 18.2 Å². The number of nitrogens with one attached hydrogen (secondary N) is 1. The van der Waals surface area contributed by atoms with Crippen LogP contribution in [0, 0.1) is 11.8 Å². The lowest BCUT2D eigenvalue weighted by molar-refractivity contribution is -0.125. The van der Waals surface area contributed by atoms with E-state index in [1.807, 2.05) is 12.1 Å². The van der Waals surface area contributed by atoms with Gasteiger partial charge >= 0.3 is 0 Å². The van der Waals surface area contributed by atoms with Gasteiger partial charge in [0.25, 0.3) is 0 Å². The minimum atomic E-state index is -0.0169. The molecule has 2 fully saturated rings. The van der Waals surface area contributed by atoms with Crippen molar-refractivity contribution in [3.63, 3.8) is 0 Å². The Balaban J connectivity index is 1.42. The molecule has 2 saturated heterocycles. The Labute approximate surface area is 129 Å². The molecular formula is C16H20N2O4. The number of ether oxygens (including phenoxy) is 3. The SMILES string of the molecule is CNC(=O)[C@H]1CO[C@@H]2CN(Cc3ccc4c(c3)OCO4)C[C@H]12. The third kappa shape index (κ3) is 2.32. The summed E-state index contributed by atoms with van der Waals surface area (Å²) in [5, 5.41) is 2.74. The Morgan fingerprint density at radius 1 is 1.32 bits per heavy atom. The molecule has 6 nitrogen and oxygen atoms in total. The van der Waals surface area contributed by atoms with Crippen molar-refractivity contribution in [3.8, 4) is 11.5 Å². The van der Waals surface area contributed by atoms with Crippen LogP contribution >= 0.6 is 0 Å². The Kier molecular flexibility index (Phi) is 3.43. The number of carbonyl (C=O) groups excluding carboxylic acids is 1. The number of hydrogen-bond acceptors (Lipinski definition) is 5. The molecule has 1 aromatic carbocycles. The zero-order valence-electron chi connectivity index (χ0n) is 12.6. The minimum absolute atomic E-state index is 0.0169. The van der Waals surface area contributed by atoms with E-state index in [0.717, 1.165) is 31.1 Å². The zero-order chi connectivity index (χ0) is 15.1. The Morgan fingerprint density at radius 3 is 3.05 bits per heavy atom. The number of carbonyl (C=O) groups is 1. The fourth-order valence-electron chi connectivity index (χ4n) is 3.68. The quantitative estimate of drug-likeness (QED) is 0.886. The standard InChI is InChI=1S/C16H20N2O4/c1-17-16(19)12-8-20-15-7-18(6-11(12)15)5-10-2-3-13-14(4-10)22-9-21-13/h2-4,11-12,15H,5-9H2,1H3,(H,17,19)/t11-,12+,15-/m1/s1. The number of rotatable bonds is 3. The van der Waals surface area contributed by atoms with Gasteiger partial charge in [0.2, 0.25) is 12.7 Å². The van der Waals surface area contributed by atoms with E-state index in [-0.39, 0.29) is 17.9 Å². The highest BCUT2D eigenvalue weighted by molar-refractivity contribution is 5.79. The first-order valence-electron chi connectivity index (χ1n) is 7.68. The Hall–Kier alpha value is -1.79. The number of fused-ring (bicyclic) bond motifs is 2. The number of nitrogens with zero attached hydrogens (tertiary/aromatic N) is 1. The van der Waals surface area contributed by atoms with Crippen molar-refractivity contribution in [1.29, 1.82) is 0 Å². The van der Waals surface area contributed by atoms with Crippen molar-refractivity contribution >= 4 is 5.91 Å². The van der Waals surface area contributed by atoms with Gasteiger partial charge in [0.1, 0.15) is 0 Å². The second-order valence-corrected chi connectivity index (χ2v) is 6.14. The van der Waals surface area contributed by atoms with Gasteiger partial charge in [0.15, 0.2) is 11.5 Å². The van der Waals surface area contributed by atoms with Crippen LogP contribution in [-0.4, -0.2) is 50.4 Å².